The zero-order valence-electron chi connectivity index (χ0n) is 10.3. The first-order valence-electron chi connectivity index (χ1n) is 5.45. The van der Waals surface area contributed by atoms with E-state index in [0.29, 0.717) is 0 Å². The quantitative estimate of drug-likeness (QED) is 0.675. The van der Waals surface area contributed by atoms with Crippen LogP contribution in [0.3, 0.4) is 0 Å². The predicted molar refractivity (Wildman–Crippen MR) is 64.2 cm³/mol. The Hall–Kier alpha value is -1.02. The molecule has 15 heavy (non-hydrogen) atoms. The molecule has 0 spiro atoms. The van der Waals surface area contributed by atoms with Crippen molar-refractivity contribution in [3.63, 3.8) is 0 Å². The minimum Gasteiger partial charge on any atom is -0.497 e. The molecule has 1 aromatic carbocycles. The van der Waals surface area contributed by atoms with Crippen LogP contribution < -0.4 is 4.74 Å². The van der Waals surface area contributed by atoms with Crippen molar-refractivity contribution < 1.29 is 9.22 Å². The Labute approximate surface area is 93.1 Å². The third-order valence-electron chi connectivity index (χ3n) is 2.43. The lowest BCUT2D eigenvalue weighted by Crippen LogP contribution is -2.35. The van der Waals surface area contributed by atoms with Crippen molar-refractivity contribution in [1.82, 2.24) is 0 Å². The summed E-state index contributed by atoms with van der Waals surface area (Å²) in [6.45, 7) is 1.21. The summed E-state index contributed by atoms with van der Waals surface area (Å²) in [7, 11) is 8.40. The summed E-state index contributed by atoms with van der Waals surface area (Å²) in [6.07, 6.45) is 2.35. The fraction of sp³-hybridized carbons (Fsp3) is 0.538. The van der Waals surface area contributed by atoms with Crippen LogP contribution in [0.5, 0.6) is 5.75 Å². The number of hydrogen-bond acceptors (Lipinski definition) is 1. The molecule has 0 amide bonds. The first kappa shape index (κ1) is 12.1. The highest BCUT2D eigenvalue weighted by Gasteiger charge is 2.06. The van der Waals surface area contributed by atoms with Crippen LogP contribution in [0, 0.1) is 0 Å². The summed E-state index contributed by atoms with van der Waals surface area (Å²) >= 11 is 0. The highest BCUT2D eigenvalue weighted by Crippen LogP contribution is 2.14. The Morgan fingerprint density at radius 2 is 1.93 bits per heavy atom. The molecule has 0 aliphatic heterocycles. The second-order valence-electron chi connectivity index (χ2n) is 4.97. The van der Waals surface area contributed by atoms with Gasteiger partial charge in [0, 0.05) is 6.42 Å². The number of aryl methyl sites for hydroxylation is 1. The molecule has 0 bridgehead atoms. The van der Waals surface area contributed by atoms with Gasteiger partial charge >= 0.3 is 0 Å². The smallest absolute Gasteiger partial charge is 0.119 e. The van der Waals surface area contributed by atoms with Crippen LogP contribution in [0.4, 0.5) is 0 Å². The Balaban J connectivity index is 2.44. The third kappa shape index (κ3) is 4.84. The van der Waals surface area contributed by atoms with Crippen molar-refractivity contribution in [2.75, 3.05) is 34.8 Å². The van der Waals surface area contributed by atoms with E-state index in [0.717, 1.165) is 16.7 Å². The standard InChI is InChI=1S/C13H22NO/c1-14(2,3)10-6-8-12-7-5-9-13(11-12)15-4/h5,7,9,11H,6,8,10H2,1-4H3/q+1. The van der Waals surface area contributed by atoms with E-state index < -0.39 is 0 Å². The molecule has 84 valence electrons. The van der Waals surface area contributed by atoms with Crippen molar-refractivity contribution in [1.29, 1.82) is 0 Å². The molecule has 1 aromatic rings. The lowest BCUT2D eigenvalue weighted by molar-refractivity contribution is -0.870. The van der Waals surface area contributed by atoms with Crippen molar-refractivity contribution in [2.24, 2.45) is 0 Å². The highest BCUT2D eigenvalue weighted by atomic mass is 16.5. The molecule has 2 heteroatoms. The monoisotopic (exact) mass is 208 g/mol. The molecule has 2 nitrogen and oxygen atoms in total. The molecule has 1 rings (SSSR count). The fourth-order valence-corrected chi connectivity index (χ4v) is 1.59. The van der Waals surface area contributed by atoms with E-state index >= 15 is 0 Å². The summed E-state index contributed by atoms with van der Waals surface area (Å²) < 4.78 is 6.23. The van der Waals surface area contributed by atoms with Gasteiger partial charge in [0.05, 0.1) is 34.8 Å². The first-order chi connectivity index (χ1) is 7.01. The molecule has 0 aliphatic rings. The van der Waals surface area contributed by atoms with Gasteiger partial charge in [0.1, 0.15) is 5.75 Å². The van der Waals surface area contributed by atoms with Crippen LogP contribution in [0.2, 0.25) is 0 Å². The number of ether oxygens (including phenoxy) is 1. The van der Waals surface area contributed by atoms with E-state index in [2.05, 4.69) is 39.3 Å². The molecule has 0 N–H and O–H groups in total. The lowest BCUT2D eigenvalue weighted by atomic mass is 10.1. The Bertz CT molecular complexity index is 302. The normalized spacial score (nSPS) is 11.5. The van der Waals surface area contributed by atoms with E-state index in [9.17, 15) is 0 Å². The lowest BCUT2D eigenvalue weighted by Gasteiger charge is -2.23. The van der Waals surface area contributed by atoms with Crippen LogP contribution >= 0.6 is 0 Å². The maximum atomic E-state index is 5.20. The average Bonchev–Trinajstić information content (AvgIpc) is 2.16. The summed E-state index contributed by atoms with van der Waals surface area (Å²) in [5.74, 6) is 0.956. The van der Waals surface area contributed by atoms with E-state index in [1.807, 2.05) is 6.07 Å². The van der Waals surface area contributed by atoms with Crippen molar-refractivity contribution in [2.45, 2.75) is 12.8 Å². The van der Waals surface area contributed by atoms with E-state index in [1.54, 1.807) is 7.11 Å². The maximum absolute atomic E-state index is 5.20. The number of hydrogen-bond donors (Lipinski definition) is 0. The van der Waals surface area contributed by atoms with Crippen LogP contribution in [-0.4, -0.2) is 39.3 Å². The number of benzene rings is 1. The minimum atomic E-state index is 0.956. The van der Waals surface area contributed by atoms with Gasteiger partial charge in [-0.2, -0.15) is 0 Å². The zero-order chi connectivity index (χ0) is 11.3. The second-order valence-corrected chi connectivity index (χ2v) is 4.97. The van der Waals surface area contributed by atoms with Gasteiger partial charge in [-0.15, -0.1) is 0 Å². The van der Waals surface area contributed by atoms with E-state index in [-0.39, 0.29) is 0 Å². The Kier molecular flexibility index (Phi) is 4.15. The molecular weight excluding hydrogens is 186 g/mol. The van der Waals surface area contributed by atoms with Gasteiger partial charge in [-0.25, -0.2) is 0 Å². The molecule has 0 atom stereocenters. The maximum Gasteiger partial charge on any atom is 0.119 e. The van der Waals surface area contributed by atoms with Gasteiger partial charge in [-0.3, -0.25) is 0 Å². The third-order valence-corrected chi connectivity index (χ3v) is 2.43. The van der Waals surface area contributed by atoms with Crippen LogP contribution in [-0.2, 0) is 6.42 Å². The second kappa shape index (κ2) is 5.17. The van der Waals surface area contributed by atoms with Crippen molar-refractivity contribution in [3.05, 3.63) is 29.8 Å². The van der Waals surface area contributed by atoms with Gasteiger partial charge in [0.15, 0.2) is 0 Å². The van der Waals surface area contributed by atoms with Gasteiger partial charge in [0.25, 0.3) is 0 Å². The van der Waals surface area contributed by atoms with Crippen LogP contribution in [0.1, 0.15) is 12.0 Å². The van der Waals surface area contributed by atoms with Crippen LogP contribution in [0.15, 0.2) is 24.3 Å². The van der Waals surface area contributed by atoms with Crippen molar-refractivity contribution in [3.8, 4) is 5.75 Å². The summed E-state index contributed by atoms with van der Waals surface area (Å²) in [5, 5.41) is 0. The van der Waals surface area contributed by atoms with E-state index in [4.69, 9.17) is 4.74 Å². The van der Waals surface area contributed by atoms with Crippen molar-refractivity contribution >= 4 is 0 Å². The van der Waals surface area contributed by atoms with Gasteiger partial charge < -0.3 is 9.22 Å². The molecule has 0 radical (unpaired) electrons. The number of rotatable bonds is 5. The van der Waals surface area contributed by atoms with Gasteiger partial charge in [-0.05, 0) is 24.1 Å². The summed E-state index contributed by atoms with van der Waals surface area (Å²) in [5.41, 5.74) is 1.36. The highest BCUT2D eigenvalue weighted by molar-refractivity contribution is 5.28. The number of quaternary nitrogens is 1. The first-order valence-corrected chi connectivity index (χ1v) is 5.45. The number of nitrogens with zero attached hydrogens (tertiary/aromatic N) is 1. The van der Waals surface area contributed by atoms with Gasteiger partial charge in [0.2, 0.25) is 0 Å². The topological polar surface area (TPSA) is 9.23 Å². The average molecular weight is 208 g/mol. The molecule has 0 aromatic heterocycles. The van der Waals surface area contributed by atoms with Crippen LogP contribution in [0.25, 0.3) is 0 Å². The molecule has 0 unspecified atom stereocenters. The summed E-state index contributed by atoms with van der Waals surface area (Å²) in [4.78, 5) is 0. The van der Waals surface area contributed by atoms with Gasteiger partial charge in [-0.1, -0.05) is 12.1 Å². The minimum absolute atomic E-state index is 0.956. The Morgan fingerprint density at radius 1 is 1.20 bits per heavy atom. The summed E-state index contributed by atoms with van der Waals surface area (Å²) in [6, 6.07) is 8.33. The molecule has 0 saturated carbocycles. The number of methoxy groups -OCH3 is 1. The molecule has 0 fully saturated rings. The predicted octanol–water partition coefficient (Wildman–Crippen LogP) is 2.33. The Morgan fingerprint density at radius 3 is 2.53 bits per heavy atom. The fourth-order valence-electron chi connectivity index (χ4n) is 1.59. The molecular formula is C13H22NO+. The zero-order valence-corrected chi connectivity index (χ0v) is 10.3. The molecule has 0 aliphatic carbocycles. The van der Waals surface area contributed by atoms with E-state index in [1.165, 1.54) is 18.5 Å². The molecule has 0 saturated heterocycles. The molecule has 0 heterocycles. The SMILES string of the molecule is COc1cccc(CCC[N+](C)(C)C)c1. The largest absolute Gasteiger partial charge is 0.497 e.